The first-order valence-electron chi connectivity index (χ1n) is 6.33. The maximum Gasteiger partial charge on any atom is 0.265 e. The van der Waals surface area contributed by atoms with Crippen LogP contribution in [0.3, 0.4) is 0 Å². The summed E-state index contributed by atoms with van der Waals surface area (Å²) >= 11 is 0. The highest BCUT2D eigenvalue weighted by Crippen LogP contribution is 2.23. The van der Waals surface area contributed by atoms with Crippen molar-refractivity contribution in [1.82, 2.24) is 10.2 Å². The van der Waals surface area contributed by atoms with Gasteiger partial charge in [-0.1, -0.05) is 18.2 Å². The van der Waals surface area contributed by atoms with Crippen molar-refractivity contribution in [2.24, 2.45) is 5.73 Å². The number of hydrogen-bond acceptors (Lipinski definition) is 5. The number of nitrogens with zero attached hydrogens (tertiary/aromatic N) is 1. The van der Waals surface area contributed by atoms with Crippen LogP contribution in [-0.4, -0.2) is 25.7 Å². The Kier molecular flexibility index (Phi) is 4.61. The summed E-state index contributed by atoms with van der Waals surface area (Å²) in [5.74, 6) is 0. The van der Waals surface area contributed by atoms with Gasteiger partial charge in [-0.3, -0.25) is 9.82 Å². The molecule has 0 fully saturated rings. The molecule has 0 spiro atoms. The molecule has 0 aliphatic rings. The summed E-state index contributed by atoms with van der Waals surface area (Å²) in [5, 5.41) is 6.55. The number of ether oxygens (including phenoxy) is 1. The van der Waals surface area contributed by atoms with E-state index in [1.165, 1.54) is 0 Å². The van der Waals surface area contributed by atoms with Gasteiger partial charge in [0.25, 0.3) is 10.0 Å². The van der Waals surface area contributed by atoms with E-state index in [1.807, 2.05) is 6.07 Å². The molecule has 0 atom stereocenters. The zero-order valence-corrected chi connectivity index (χ0v) is 12.7. The minimum atomic E-state index is -3.76. The van der Waals surface area contributed by atoms with E-state index in [1.54, 1.807) is 32.2 Å². The Bertz CT molecular complexity index is 725. The number of aryl methyl sites for hydroxylation is 1. The number of aromatic amines is 1. The smallest absolute Gasteiger partial charge is 0.265 e. The van der Waals surface area contributed by atoms with E-state index in [4.69, 9.17) is 10.5 Å². The van der Waals surface area contributed by atoms with E-state index in [9.17, 15) is 8.42 Å². The number of rotatable bonds is 6. The lowest BCUT2D eigenvalue weighted by molar-refractivity contribution is 0.185. The van der Waals surface area contributed by atoms with Crippen LogP contribution < -0.4 is 10.5 Å². The van der Waals surface area contributed by atoms with Gasteiger partial charge in [-0.2, -0.15) is 5.10 Å². The molecule has 0 bridgehead atoms. The number of H-pyrrole nitrogens is 1. The van der Waals surface area contributed by atoms with Crippen LogP contribution in [0.5, 0.6) is 0 Å². The van der Waals surface area contributed by atoms with Gasteiger partial charge in [-0.05, 0) is 13.0 Å². The lowest BCUT2D eigenvalue weighted by Gasteiger charge is -2.12. The largest absolute Gasteiger partial charge is 0.380 e. The summed E-state index contributed by atoms with van der Waals surface area (Å²) in [5.41, 5.74) is 7.52. The lowest BCUT2D eigenvalue weighted by Crippen LogP contribution is -2.17. The third-order valence-corrected chi connectivity index (χ3v) is 4.55. The van der Waals surface area contributed by atoms with Gasteiger partial charge in [0.05, 0.1) is 23.7 Å². The van der Waals surface area contributed by atoms with Crippen molar-refractivity contribution < 1.29 is 13.2 Å². The van der Waals surface area contributed by atoms with Crippen molar-refractivity contribution in [2.45, 2.75) is 25.0 Å². The van der Waals surface area contributed by atoms with Gasteiger partial charge in [-0.15, -0.1) is 0 Å². The summed E-state index contributed by atoms with van der Waals surface area (Å²) in [6.07, 6.45) is 0. The van der Waals surface area contributed by atoms with E-state index in [0.717, 1.165) is 5.56 Å². The molecule has 114 valence electrons. The highest BCUT2D eigenvalue weighted by atomic mass is 32.2. The minimum Gasteiger partial charge on any atom is -0.380 e. The Labute approximate surface area is 123 Å². The number of hydrogen-bond donors (Lipinski definition) is 3. The van der Waals surface area contributed by atoms with Crippen LogP contribution in [0.4, 0.5) is 5.69 Å². The molecule has 0 radical (unpaired) electrons. The summed E-state index contributed by atoms with van der Waals surface area (Å²) in [7, 11) is -2.21. The Balaban J connectivity index is 2.40. The van der Waals surface area contributed by atoms with Crippen LogP contribution in [0, 0.1) is 6.92 Å². The van der Waals surface area contributed by atoms with Crippen LogP contribution in [-0.2, 0) is 27.9 Å². The first kappa shape index (κ1) is 15.5. The SMILES string of the molecule is COCc1ccccc1NS(=O)(=O)c1c(CN)n[nH]c1C. The first-order valence-corrected chi connectivity index (χ1v) is 7.81. The number of nitrogens with one attached hydrogen (secondary N) is 2. The summed E-state index contributed by atoms with van der Waals surface area (Å²) in [6.45, 7) is 1.99. The maximum atomic E-state index is 12.6. The third kappa shape index (κ3) is 3.23. The molecule has 0 saturated carbocycles. The van der Waals surface area contributed by atoms with E-state index >= 15 is 0 Å². The molecule has 8 heteroatoms. The average Bonchev–Trinajstić information content (AvgIpc) is 2.83. The molecule has 0 saturated heterocycles. The number of benzene rings is 1. The molecule has 0 unspecified atom stereocenters. The number of methoxy groups -OCH3 is 1. The topological polar surface area (TPSA) is 110 Å². The monoisotopic (exact) mass is 310 g/mol. The molecular weight excluding hydrogens is 292 g/mol. The highest BCUT2D eigenvalue weighted by molar-refractivity contribution is 7.92. The van der Waals surface area contributed by atoms with Crippen LogP contribution in [0.25, 0.3) is 0 Å². The van der Waals surface area contributed by atoms with Gasteiger partial charge in [0, 0.05) is 19.2 Å². The van der Waals surface area contributed by atoms with E-state index in [2.05, 4.69) is 14.9 Å². The fraction of sp³-hybridized carbons (Fsp3) is 0.308. The average molecular weight is 310 g/mol. The van der Waals surface area contributed by atoms with Crippen LogP contribution in [0.1, 0.15) is 17.0 Å². The Morgan fingerprint density at radius 3 is 2.76 bits per heavy atom. The van der Waals surface area contributed by atoms with Crippen molar-refractivity contribution in [3.8, 4) is 0 Å². The van der Waals surface area contributed by atoms with Gasteiger partial charge < -0.3 is 10.5 Å². The lowest BCUT2D eigenvalue weighted by atomic mass is 10.2. The summed E-state index contributed by atoms with van der Waals surface area (Å²) in [6, 6.07) is 7.06. The predicted octanol–water partition coefficient (Wildman–Crippen LogP) is 1.12. The zero-order chi connectivity index (χ0) is 15.5. The van der Waals surface area contributed by atoms with Crippen LogP contribution in [0.2, 0.25) is 0 Å². The standard InChI is InChI=1S/C13H18N4O3S/c1-9-13(12(7-14)16-15-9)21(18,19)17-11-6-4-3-5-10(11)8-20-2/h3-6,17H,7-8,14H2,1-2H3,(H,15,16). The van der Waals surface area contributed by atoms with E-state index < -0.39 is 10.0 Å². The normalized spacial score (nSPS) is 11.6. The Morgan fingerprint density at radius 1 is 1.38 bits per heavy atom. The van der Waals surface area contributed by atoms with Crippen molar-refractivity contribution in [3.05, 3.63) is 41.2 Å². The van der Waals surface area contributed by atoms with Gasteiger partial charge in [0.15, 0.2) is 0 Å². The predicted molar refractivity (Wildman–Crippen MR) is 79.2 cm³/mol. The van der Waals surface area contributed by atoms with Gasteiger partial charge in [0.2, 0.25) is 0 Å². The summed E-state index contributed by atoms with van der Waals surface area (Å²) < 4.78 is 32.7. The van der Waals surface area contributed by atoms with E-state index in [-0.39, 0.29) is 11.4 Å². The minimum absolute atomic E-state index is 0.0420. The highest BCUT2D eigenvalue weighted by Gasteiger charge is 2.24. The Morgan fingerprint density at radius 2 is 2.10 bits per heavy atom. The summed E-state index contributed by atoms with van der Waals surface area (Å²) in [4.78, 5) is 0.0946. The first-order chi connectivity index (χ1) is 9.99. The number of aromatic nitrogens is 2. The fourth-order valence-electron chi connectivity index (χ4n) is 2.06. The van der Waals surface area contributed by atoms with Crippen molar-refractivity contribution >= 4 is 15.7 Å². The van der Waals surface area contributed by atoms with E-state index in [0.29, 0.717) is 23.7 Å². The van der Waals surface area contributed by atoms with Crippen LogP contribution >= 0.6 is 0 Å². The van der Waals surface area contributed by atoms with Gasteiger partial charge >= 0.3 is 0 Å². The molecule has 4 N–H and O–H groups in total. The molecule has 0 aliphatic heterocycles. The van der Waals surface area contributed by atoms with Crippen LogP contribution in [0.15, 0.2) is 29.2 Å². The second kappa shape index (κ2) is 6.25. The molecule has 2 rings (SSSR count). The molecule has 1 heterocycles. The molecule has 1 aromatic heterocycles. The molecule has 2 aromatic rings. The number of anilines is 1. The van der Waals surface area contributed by atoms with Crippen molar-refractivity contribution in [2.75, 3.05) is 11.8 Å². The zero-order valence-electron chi connectivity index (χ0n) is 11.9. The molecule has 0 amide bonds. The quantitative estimate of drug-likeness (QED) is 0.740. The molecule has 21 heavy (non-hydrogen) atoms. The Hall–Kier alpha value is -1.90. The maximum absolute atomic E-state index is 12.6. The second-order valence-corrected chi connectivity index (χ2v) is 6.14. The fourth-order valence-corrected chi connectivity index (χ4v) is 3.54. The second-order valence-electron chi connectivity index (χ2n) is 4.52. The van der Waals surface area contributed by atoms with Gasteiger partial charge in [-0.25, -0.2) is 8.42 Å². The number of nitrogens with two attached hydrogens (primary N) is 1. The van der Waals surface area contributed by atoms with Crippen molar-refractivity contribution in [1.29, 1.82) is 0 Å². The number of sulfonamides is 1. The number of para-hydroxylation sites is 1. The third-order valence-electron chi connectivity index (χ3n) is 2.98. The molecule has 0 aliphatic carbocycles. The molecule has 7 nitrogen and oxygen atoms in total. The van der Waals surface area contributed by atoms with Crippen molar-refractivity contribution in [3.63, 3.8) is 0 Å². The molecule has 1 aromatic carbocycles. The van der Waals surface area contributed by atoms with Gasteiger partial charge in [0.1, 0.15) is 4.90 Å². The molecular formula is C13H18N4O3S.